The fourth-order valence-electron chi connectivity index (χ4n) is 8.92. The summed E-state index contributed by atoms with van der Waals surface area (Å²) in [7, 11) is 13.7. The second-order valence-electron chi connectivity index (χ2n) is 16.4. The van der Waals surface area contributed by atoms with Crippen LogP contribution >= 0.6 is 0 Å². The summed E-state index contributed by atoms with van der Waals surface area (Å²) in [5.74, 6) is 1.87. The molecule has 0 saturated heterocycles. The summed E-state index contributed by atoms with van der Waals surface area (Å²) in [6.45, 7) is 16.2. The van der Waals surface area contributed by atoms with Crippen molar-refractivity contribution in [3.05, 3.63) is 0 Å². The van der Waals surface area contributed by atoms with Crippen molar-refractivity contribution in [3.63, 3.8) is 0 Å². The van der Waals surface area contributed by atoms with Crippen molar-refractivity contribution < 1.29 is 75.8 Å². The van der Waals surface area contributed by atoms with E-state index in [-0.39, 0.29) is 41.4 Å². The highest BCUT2D eigenvalue weighted by molar-refractivity contribution is 4.92. The molecule has 0 bridgehead atoms. The van der Waals surface area contributed by atoms with E-state index in [1.165, 1.54) is 0 Å². The van der Waals surface area contributed by atoms with Gasteiger partial charge in [0, 0.05) is 110 Å². The minimum absolute atomic E-state index is 0.261. The van der Waals surface area contributed by atoms with Gasteiger partial charge in [-0.05, 0) is 92.8 Å². The van der Waals surface area contributed by atoms with E-state index in [1.807, 2.05) is 0 Å². The molecule has 0 fully saturated rings. The van der Waals surface area contributed by atoms with Gasteiger partial charge < -0.3 is 75.8 Å². The van der Waals surface area contributed by atoms with E-state index in [1.54, 1.807) is 56.9 Å². The van der Waals surface area contributed by atoms with Crippen molar-refractivity contribution in [1.29, 1.82) is 0 Å². The maximum Gasteiger partial charge on any atom is 0.0700 e. The molecular formula is C49H100O16. The highest BCUT2D eigenvalue weighted by atomic mass is 16.5. The van der Waals surface area contributed by atoms with E-state index in [9.17, 15) is 0 Å². The van der Waals surface area contributed by atoms with Gasteiger partial charge in [-0.3, -0.25) is 0 Å². The van der Waals surface area contributed by atoms with Crippen LogP contribution in [0.3, 0.4) is 0 Å². The maximum atomic E-state index is 6.27. The number of ether oxygens (including phenoxy) is 16. The first-order valence-electron chi connectivity index (χ1n) is 24.6. The first-order chi connectivity index (χ1) is 32.0. The van der Waals surface area contributed by atoms with E-state index in [0.29, 0.717) is 159 Å². The van der Waals surface area contributed by atoms with Gasteiger partial charge in [-0.1, -0.05) is 13.3 Å². The summed E-state index contributed by atoms with van der Waals surface area (Å²) in [6.07, 6.45) is 8.03. The van der Waals surface area contributed by atoms with Crippen LogP contribution in [0, 0.1) is 41.4 Å². The van der Waals surface area contributed by atoms with Crippen molar-refractivity contribution >= 4 is 0 Å². The molecule has 0 aromatic rings. The Balaban J connectivity index is 7.83. The van der Waals surface area contributed by atoms with Crippen molar-refractivity contribution in [2.75, 3.05) is 215 Å². The Kier molecular flexibility index (Phi) is 50.7. The van der Waals surface area contributed by atoms with Crippen LogP contribution < -0.4 is 0 Å². The Morgan fingerprint density at radius 3 is 0.492 bits per heavy atom. The monoisotopic (exact) mass is 945 g/mol. The third-order valence-electron chi connectivity index (χ3n) is 12.2. The molecule has 0 radical (unpaired) electrons. The molecule has 392 valence electrons. The topological polar surface area (TPSA) is 148 Å². The summed E-state index contributed by atoms with van der Waals surface area (Å²) in [5, 5.41) is 0. The molecule has 0 aromatic heterocycles. The standard InChI is InChI=1S/C49H100O16/c1-10-47(48(43(11-19-58-35-27-50-2)12-20-59-36-28-51-3)44(13-21-60-37-29-52-4)14-22-61-38-30-53-5)49(45(15-23-62-39-31-54-6)16-24-63-40-32-55-7)46(17-25-64-41-33-56-8)18-26-65-42-34-57-9/h43-49H,10-42H2,1-9H3. The van der Waals surface area contributed by atoms with Gasteiger partial charge in [0.2, 0.25) is 0 Å². The van der Waals surface area contributed by atoms with Crippen LogP contribution in [-0.2, 0) is 75.8 Å². The summed E-state index contributed by atoms with van der Waals surface area (Å²) in [5.41, 5.74) is 0. The number of hydrogen-bond donors (Lipinski definition) is 0. The highest BCUT2D eigenvalue weighted by Gasteiger charge is 2.43. The lowest BCUT2D eigenvalue weighted by atomic mass is 9.58. The zero-order valence-electron chi connectivity index (χ0n) is 42.9. The van der Waals surface area contributed by atoms with E-state index in [4.69, 9.17) is 75.8 Å². The van der Waals surface area contributed by atoms with Crippen molar-refractivity contribution in [3.8, 4) is 0 Å². The third kappa shape index (κ3) is 36.0. The van der Waals surface area contributed by atoms with Crippen LogP contribution in [0.2, 0.25) is 0 Å². The first kappa shape index (κ1) is 64.4. The fraction of sp³-hybridized carbons (Fsp3) is 1.00. The van der Waals surface area contributed by atoms with Gasteiger partial charge in [0.1, 0.15) is 0 Å². The molecule has 16 heteroatoms. The molecule has 0 aliphatic heterocycles. The summed E-state index contributed by atoms with van der Waals surface area (Å²) < 4.78 is 93.1. The molecular weight excluding hydrogens is 845 g/mol. The average Bonchev–Trinajstić information content (AvgIpc) is 3.31. The summed E-state index contributed by atoms with van der Waals surface area (Å²) in [4.78, 5) is 0. The molecule has 0 spiro atoms. The predicted octanol–water partition coefficient (Wildman–Crippen LogP) is 6.13. The van der Waals surface area contributed by atoms with E-state index >= 15 is 0 Å². The normalized spacial score (nSPS) is 12.4. The quantitative estimate of drug-likeness (QED) is 0.0643. The first-order valence-corrected chi connectivity index (χ1v) is 24.6. The molecule has 0 heterocycles. The number of rotatable bonds is 55. The molecule has 0 amide bonds. The second-order valence-corrected chi connectivity index (χ2v) is 16.4. The van der Waals surface area contributed by atoms with Crippen LogP contribution in [0.1, 0.15) is 64.7 Å². The lowest BCUT2D eigenvalue weighted by Crippen LogP contribution is -2.43. The van der Waals surface area contributed by atoms with Crippen molar-refractivity contribution in [2.24, 2.45) is 41.4 Å². The minimum Gasteiger partial charge on any atom is -0.382 e. The van der Waals surface area contributed by atoms with Gasteiger partial charge in [0.25, 0.3) is 0 Å². The molecule has 0 unspecified atom stereocenters. The molecule has 0 aliphatic carbocycles. The minimum atomic E-state index is 0.261. The van der Waals surface area contributed by atoms with E-state index < -0.39 is 0 Å². The molecule has 0 aromatic carbocycles. The van der Waals surface area contributed by atoms with Gasteiger partial charge in [-0.2, -0.15) is 0 Å². The molecule has 0 saturated carbocycles. The van der Waals surface area contributed by atoms with Gasteiger partial charge in [-0.15, -0.1) is 0 Å². The molecule has 16 nitrogen and oxygen atoms in total. The van der Waals surface area contributed by atoms with Gasteiger partial charge in [0.15, 0.2) is 0 Å². The Bertz CT molecular complexity index is 722. The van der Waals surface area contributed by atoms with Crippen molar-refractivity contribution in [2.45, 2.75) is 64.7 Å². The second kappa shape index (κ2) is 51.2. The average molecular weight is 945 g/mol. The highest BCUT2D eigenvalue weighted by Crippen LogP contribution is 2.49. The summed E-state index contributed by atoms with van der Waals surface area (Å²) >= 11 is 0. The molecule has 0 atom stereocenters. The molecule has 65 heavy (non-hydrogen) atoms. The van der Waals surface area contributed by atoms with Gasteiger partial charge in [-0.25, -0.2) is 0 Å². The largest absolute Gasteiger partial charge is 0.382 e. The van der Waals surface area contributed by atoms with Crippen LogP contribution in [0.25, 0.3) is 0 Å². The molecule has 0 aliphatic rings. The van der Waals surface area contributed by atoms with Gasteiger partial charge in [0.05, 0.1) is 106 Å². The zero-order valence-corrected chi connectivity index (χ0v) is 42.9. The smallest absolute Gasteiger partial charge is 0.0700 e. The van der Waals surface area contributed by atoms with Crippen LogP contribution in [0.15, 0.2) is 0 Å². The summed E-state index contributed by atoms with van der Waals surface area (Å²) in [6, 6.07) is 0. The Morgan fingerprint density at radius 2 is 0.369 bits per heavy atom. The van der Waals surface area contributed by atoms with Crippen LogP contribution in [-0.4, -0.2) is 215 Å². The Labute approximate surface area is 396 Å². The number of hydrogen-bond acceptors (Lipinski definition) is 16. The van der Waals surface area contributed by atoms with Crippen LogP contribution in [0.4, 0.5) is 0 Å². The number of methoxy groups -OCH3 is 8. The Hall–Kier alpha value is -0.640. The fourth-order valence-corrected chi connectivity index (χ4v) is 8.92. The lowest BCUT2D eigenvalue weighted by molar-refractivity contribution is -0.0433. The van der Waals surface area contributed by atoms with E-state index in [0.717, 1.165) is 57.8 Å². The third-order valence-corrected chi connectivity index (χ3v) is 12.2. The zero-order chi connectivity index (χ0) is 47.7. The van der Waals surface area contributed by atoms with Crippen LogP contribution in [0.5, 0.6) is 0 Å². The Morgan fingerprint density at radius 1 is 0.215 bits per heavy atom. The predicted molar refractivity (Wildman–Crippen MR) is 253 cm³/mol. The van der Waals surface area contributed by atoms with E-state index in [2.05, 4.69) is 6.92 Å². The SMILES string of the molecule is CCC(C(C(CCOCCOC)CCOCCOC)C(CCOCCOC)CCOCCOC)C(C(CCOCCOC)CCOCCOC)C(CCOCCOC)CCOCCOC. The lowest BCUT2D eigenvalue weighted by Gasteiger charge is -2.48. The molecule has 0 rings (SSSR count). The molecule has 0 N–H and O–H groups in total. The van der Waals surface area contributed by atoms with Gasteiger partial charge >= 0.3 is 0 Å². The van der Waals surface area contributed by atoms with Crippen molar-refractivity contribution in [1.82, 2.24) is 0 Å². The maximum absolute atomic E-state index is 6.27.